The number of hydrogen-bond acceptors (Lipinski definition) is 13. The molecule has 5 rings (SSSR count). The van der Waals surface area contributed by atoms with Gasteiger partial charge in [0.05, 0.1) is 34.6 Å². The molecule has 0 radical (unpaired) electrons. The van der Waals surface area contributed by atoms with Crippen LogP contribution < -0.4 is 21.5 Å². The van der Waals surface area contributed by atoms with E-state index in [9.17, 15) is 24.9 Å². The molecule has 15 nitrogen and oxygen atoms in total. The summed E-state index contributed by atoms with van der Waals surface area (Å²) in [6.45, 7) is 7.44. The first kappa shape index (κ1) is 33.7. The molecule has 240 valence electrons. The molecule has 3 atom stereocenters. The van der Waals surface area contributed by atoms with Gasteiger partial charge in [0.25, 0.3) is 5.56 Å². The van der Waals surface area contributed by atoms with Gasteiger partial charge in [-0.1, -0.05) is 11.3 Å². The van der Waals surface area contributed by atoms with Crippen LogP contribution in [0.4, 0.5) is 5.82 Å². The first-order valence-electron chi connectivity index (χ1n) is 14.1. The van der Waals surface area contributed by atoms with Gasteiger partial charge in [0, 0.05) is 26.1 Å². The minimum absolute atomic E-state index is 0.0516. The summed E-state index contributed by atoms with van der Waals surface area (Å²) in [5.74, 6) is 1.16. The van der Waals surface area contributed by atoms with E-state index in [2.05, 4.69) is 29.5 Å². The number of nitrogens with two attached hydrogens (primary N) is 1. The third kappa shape index (κ3) is 7.55. The van der Waals surface area contributed by atoms with E-state index in [1.165, 1.54) is 9.44 Å². The second kappa shape index (κ2) is 14.3. The van der Waals surface area contributed by atoms with Gasteiger partial charge in [0.1, 0.15) is 30.0 Å². The predicted molar refractivity (Wildman–Crippen MR) is 166 cm³/mol. The molecule has 2 aliphatic heterocycles. The molecule has 8 N–H and O–H groups in total. The summed E-state index contributed by atoms with van der Waals surface area (Å²) in [4.78, 5) is 43.5. The molecule has 0 saturated carbocycles. The van der Waals surface area contributed by atoms with Crippen LogP contribution in [0.5, 0.6) is 0 Å². The van der Waals surface area contributed by atoms with Gasteiger partial charge in [0.15, 0.2) is 23.8 Å². The molecule has 0 amide bonds. The smallest absolute Gasteiger partial charge is 0.349 e. The Labute approximate surface area is 261 Å². The average molecular weight is 642 g/mol. The third-order valence-corrected chi connectivity index (χ3v) is 8.57. The Bertz CT molecular complexity index is 1890. The van der Waals surface area contributed by atoms with Crippen LogP contribution in [0.3, 0.4) is 0 Å². The number of thiazole rings is 1. The minimum Gasteiger partial charge on any atom is -0.396 e. The van der Waals surface area contributed by atoms with Crippen LogP contribution in [-0.4, -0.2) is 86.5 Å². The van der Waals surface area contributed by atoms with Crippen LogP contribution in [0, 0.1) is 27.7 Å². The maximum Gasteiger partial charge on any atom is 0.349 e. The maximum atomic E-state index is 12.2. The van der Waals surface area contributed by atoms with Gasteiger partial charge in [-0.15, -0.1) is 0 Å². The van der Waals surface area contributed by atoms with E-state index in [0.29, 0.717) is 35.6 Å². The summed E-state index contributed by atoms with van der Waals surface area (Å²) in [6.07, 6.45) is -2.21. The lowest BCUT2D eigenvalue weighted by atomic mass is 10.1. The normalized spacial score (nSPS) is 13.4. The Kier molecular flexibility index (Phi) is 10.7. The number of nitrogen functional groups attached to an aromatic ring is 1. The van der Waals surface area contributed by atoms with Gasteiger partial charge >= 0.3 is 5.69 Å². The van der Waals surface area contributed by atoms with E-state index in [1.54, 1.807) is 29.7 Å². The topological polar surface area (TPSA) is 237 Å². The lowest BCUT2D eigenvalue weighted by molar-refractivity contribution is -0.689. The van der Waals surface area contributed by atoms with E-state index in [-0.39, 0.29) is 24.7 Å². The first-order chi connectivity index (χ1) is 21.3. The van der Waals surface area contributed by atoms with Gasteiger partial charge in [0.2, 0.25) is 5.51 Å². The lowest BCUT2D eigenvalue weighted by Crippen LogP contribution is -2.42. The van der Waals surface area contributed by atoms with E-state index in [1.807, 2.05) is 33.2 Å². The van der Waals surface area contributed by atoms with Crippen LogP contribution in [-0.2, 0) is 19.5 Å². The van der Waals surface area contributed by atoms with Crippen LogP contribution in [0.1, 0.15) is 33.1 Å². The number of aryl methyl sites for hydroxylation is 3. The van der Waals surface area contributed by atoms with Crippen LogP contribution >= 0.6 is 11.3 Å². The van der Waals surface area contributed by atoms with Gasteiger partial charge in [-0.3, -0.25) is 9.78 Å². The number of rotatable bonds is 9. The molecule has 16 heteroatoms. The van der Waals surface area contributed by atoms with E-state index in [0.717, 1.165) is 22.4 Å². The van der Waals surface area contributed by atoms with E-state index in [4.69, 9.17) is 15.9 Å². The fourth-order valence-electron chi connectivity index (χ4n) is 4.66. The predicted octanol–water partition coefficient (Wildman–Crippen LogP) is -1.12. The SMILES string of the molecule is Cc1cc2nc3c(=O)[nH]c(=O)nc-3n(C[C@H](O)[C@H](O)[C@H](O)CO)c2cc1C.Cc1ncc(C[n+]2csc(CCO)c2C)c(N)n1. The fraction of sp³-hybridized carbons (Fsp3) is 0.414. The van der Waals surface area contributed by atoms with Crippen molar-refractivity contribution >= 4 is 28.2 Å². The molecule has 0 aliphatic carbocycles. The van der Waals surface area contributed by atoms with Gasteiger partial charge < -0.3 is 35.8 Å². The van der Waals surface area contributed by atoms with Crippen molar-refractivity contribution in [2.45, 2.75) is 65.5 Å². The quantitative estimate of drug-likeness (QED) is 0.0749. The number of fused-ring (bicyclic) bond motifs is 2. The highest BCUT2D eigenvalue weighted by molar-refractivity contribution is 7.09. The number of anilines is 1. The number of aliphatic hydroxyl groups excluding tert-OH is 5. The van der Waals surface area contributed by atoms with Crippen LogP contribution in [0.25, 0.3) is 22.6 Å². The van der Waals surface area contributed by atoms with Crippen molar-refractivity contribution in [2.24, 2.45) is 0 Å². The van der Waals surface area contributed by atoms with Crippen molar-refractivity contribution in [3.8, 4) is 11.5 Å². The summed E-state index contributed by atoms with van der Waals surface area (Å²) >= 11 is 1.65. The summed E-state index contributed by atoms with van der Waals surface area (Å²) in [6, 6.07) is 3.53. The fourth-order valence-corrected chi connectivity index (χ4v) is 5.65. The molecule has 0 spiro atoms. The number of aromatic nitrogens is 7. The summed E-state index contributed by atoms with van der Waals surface area (Å²) in [7, 11) is 0. The molecule has 0 bridgehead atoms. The Hall–Kier alpha value is -4.19. The molecule has 3 aromatic rings. The zero-order chi connectivity index (χ0) is 33.0. The molecular formula is C29H37N8O7S+. The maximum absolute atomic E-state index is 12.2. The van der Waals surface area contributed by atoms with Crippen molar-refractivity contribution in [3.05, 3.63) is 77.8 Å². The van der Waals surface area contributed by atoms with Crippen LogP contribution in [0.2, 0.25) is 0 Å². The summed E-state index contributed by atoms with van der Waals surface area (Å²) < 4.78 is 3.51. The van der Waals surface area contributed by atoms with Crippen molar-refractivity contribution < 1.29 is 30.1 Å². The van der Waals surface area contributed by atoms with Crippen molar-refractivity contribution in [2.75, 3.05) is 18.9 Å². The van der Waals surface area contributed by atoms with Gasteiger partial charge in [-0.2, -0.15) is 9.55 Å². The number of H-pyrrole nitrogens is 1. The molecule has 2 aliphatic rings. The van der Waals surface area contributed by atoms with Gasteiger partial charge in [-0.05, 0) is 44.0 Å². The second-order valence-electron chi connectivity index (χ2n) is 10.7. The Morgan fingerprint density at radius 2 is 1.73 bits per heavy atom. The standard InChI is InChI=1S/C17H20N4O6.C12H17N4OS/c1-7-3-9-10(4-8(7)2)21(5-11(23)14(25)12(24)6-22)15-13(18-9)16(26)20-17(27)19-15;1-8-11(3-4-17)18-7-16(8)6-10-5-14-9(2)15-12(10)13/h3-4,11-12,14,22-25H,5-6H2,1-2H3,(H,20,26,27);5,7,17H,3-4,6H2,1-2H3,(H2,13,14,15)/q;+1/t11-,12+,14-;/m0./s1. The average Bonchev–Trinajstić information content (AvgIpc) is 3.33. The molecule has 4 heterocycles. The molecule has 0 unspecified atom stereocenters. The zero-order valence-corrected chi connectivity index (χ0v) is 26.1. The molecule has 45 heavy (non-hydrogen) atoms. The monoisotopic (exact) mass is 641 g/mol. The summed E-state index contributed by atoms with van der Waals surface area (Å²) in [5, 5.41) is 47.8. The van der Waals surface area contributed by atoms with Crippen molar-refractivity contribution in [3.63, 3.8) is 0 Å². The highest BCUT2D eigenvalue weighted by Gasteiger charge is 2.27. The molecule has 0 fully saturated rings. The Balaban J connectivity index is 0.000000222. The third-order valence-electron chi connectivity index (χ3n) is 7.42. The molecule has 0 saturated heterocycles. The number of aliphatic hydroxyl groups is 5. The molecule has 1 aromatic carbocycles. The van der Waals surface area contributed by atoms with E-state index >= 15 is 0 Å². The summed E-state index contributed by atoms with van der Waals surface area (Å²) in [5.41, 5.74) is 11.1. The lowest BCUT2D eigenvalue weighted by Gasteiger charge is -2.25. The second-order valence-corrected chi connectivity index (χ2v) is 11.6. The van der Waals surface area contributed by atoms with Gasteiger partial charge in [-0.25, -0.2) is 19.7 Å². The van der Waals surface area contributed by atoms with Crippen molar-refractivity contribution in [1.29, 1.82) is 0 Å². The number of aromatic amines is 1. The van der Waals surface area contributed by atoms with Crippen molar-refractivity contribution in [1.82, 2.24) is 29.5 Å². The number of nitrogens with one attached hydrogen (secondary N) is 1. The minimum atomic E-state index is -1.64. The van der Waals surface area contributed by atoms with E-state index < -0.39 is 36.2 Å². The Morgan fingerprint density at radius 1 is 1.02 bits per heavy atom. The highest BCUT2D eigenvalue weighted by atomic mass is 32.1. The largest absolute Gasteiger partial charge is 0.396 e. The number of nitrogens with zero attached hydrogens (tertiary/aromatic N) is 6. The Morgan fingerprint density at radius 3 is 2.40 bits per heavy atom. The first-order valence-corrected chi connectivity index (χ1v) is 14.9. The molecular weight excluding hydrogens is 604 g/mol. The number of benzene rings is 1. The van der Waals surface area contributed by atoms with Crippen LogP contribution in [0.15, 0.2) is 33.4 Å². The molecule has 2 aromatic heterocycles. The zero-order valence-electron chi connectivity index (χ0n) is 25.3. The number of hydrogen-bond donors (Lipinski definition) is 7. The highest BCUT2D eigenvalue weighted by Crippen LogP contribution is 2.24.